The van der Waals surface area contributed by atoms with Crippen LogP contribution in [0.5, 0.6) is 0 Å². The summed E-state index contributed by atoms with van der Waals surface area (Å²) in [6, 6.07) is 0. The van der Waals surface area contributed by atoms with Gasteiger partial charge in [0.15, 0.2) is 0 Å². The summed E-state index contributed by atoms with van der Waals surface area (Å²) in [5.74, 6) is 1.38. The minimum absolute atomic E-state index is 0.303. The van der Waals surface area contributed by atoms with Gasteiger partial charge in [-0.2, -0.15) is 0 Å². The van der Waals surface area contributed by atoms with E-state index < -0.39 is 0 Å². The van der Waals surface area contributed by atoms with Crippen molar-refractivity contribution in [1.82, 2.24) is 0 Å². The fraction of sp³-hybridized carbons (Fsp3) is 0.857. The lowest BCUT2D eigenvalue weighted by molar-refractivity contribution is -0.139. The van der Waals surface area contributed by atoms with Gasteiger partial charge >= 0.3 is 5.97 Å². The summed E-state index contributed by atoms with van der Waals surface area (Å²) in [4.78, 5) is 11.4. The molecule has 2 nitrogen and oxygen atoms in total. The molecule has 0 spiro atoms. The van der Waals surface area contributed by atoms with Gasteiger partial charge in [0, 0.05) is 6.08 Å². The number of carbonyl (C=O) groups excluding carboxylic acids is 1. The Morgan fingerprint density at radius 3 is 1.96 bits per heavy atom. The molecule has 23 heavy (non-hydrogen) atoms. The van der Waals surface area contributed by atoms with Crippen molar-refractivity contribution >= 4 is 5.97 Å². The first kappa shape index (κ1) is 22.2. The molecular weight excluding hydrogens is 284 g/mol. The van der Waals surface area contributed by atoms with Crippen LogP contribution in [0.2, 0.25) is 0 Å². The molecule has 3 atom stereocenters. The number of rotatable bonds is 9. The second kappa shape index (κ2) is 9.49. The third kappa shape index (κ3) is 12.3. The molecule has 0 N–H and O–H groups in total. The van der Waals surface area contributed by atoms with Crippen molar-refractivity contribution in [3.8, 4) is 0 Å². The first-order valence-electron chi connectivity index (χ1n) is 9.13. The highest BCUT2D eigenvalue weighted by Gasteiger charge is 2.25. The van der Waals surface area contributed by atoms with Crippen molar-refractivity contribution in [1.29, 1.82) is 0 Å². The van der Waals surface area contributed by atoms with Gasteiger partial charge in [0.1, 0.15) is 0 Å². The van der Waals surface area contributed by atoms with E-state index in [1.807, 2.05) is 0 Å². The number of carbonyl (C=O) groups is 1. The monoisotopic (exact) mass is 324 g/mol. The highest BCUT2D eigenvalue weighted by Crippen LogP contribution is 2.33. The molecule has 0 saturated carbocycles. The van der Waals surface area contributed by atoms with E-state index in [1.54, 1.807) is 0 Å². The molecule has 0 rings (SSSR count). The van der Waals surface area contributed by atoms with E-state index in [-0.39, 0.29) is 5.97 Å². The van der Waals surface area contributed by atoms with Gasteiger partial charge in [-0.15, -0.1) is 0 Å². The second-order valence-corrected chi connectivity index (χ2v) is 9.78. The lowest BCUT2D eigenvalue weighted by Crippen LogP contribution is -2.24. The fourth-order valence-corrected chi connectivity index (χ4v) is 3.56. The summed E-state index contributed by atoms with van der Waals surface area (Å²) in [5.41, 5.74) is 0.679. The van der Waals surface area contributed by atoms with E-state index in [0.29, 0.717) is 35.2 Å². The van der Waals surface area contributed by atoms with Gasteiger partial charge in [0.25, 0.3) is 0 Å². The van der Waals surface area contributed by atoms with Crippen molar-refractivity contribution in [2.75, 3.05) is 6.61 Å². The Morgan fingerprint density at radius 1 is 1.00 bits per heavy atom. The second-order valence-electron chi connectivity index (χ2n) is 9.78. The first-order chi connectivity index (χ1) is 10.3. The Hall–Kier alpha value is -0.790. The number of ether oxygens (including phenoxy) is 1. The lowest BCUT2D eigenvalue weighted by Gasteiger charge is -2.31. The topological polar surface area (TPSA) is 26.3 Å². The Labute approximate surface area is 145 Å². The summed E-state index contributed by atoms with van der Waals surface area (Å²) < 4.78 is 5.37. The molecule has 136 valence electrons. The van der Waals surface area contributed by atoms with Crippen molar-refractivity contribution in [3.05, 3.63) is 12.7 Å². The van der Waals surface area contributed by atoms with Crippen LogP contribution < -0.4 is 0 Å². The molecule has 0 aliphatic carbocycles. The summed E-state index contributed by atoms with van der Waals surface area (Å²) in [6.45, 7) is 22.4. The Balaban J connectivity index is 4.64. The maximum atomic E-state index is 11.4. The minimum Gasteiger partial charge on any atom is -0.462 e. The summed E-state index contributed by atoms with van der Waals surface area (Å²) in [7, 11) is 0. The zero-order valence-corrected chi connectivity index (χ0v) is 16.9. The van der Waals surface area contributed by atoms with Gasteiger partial charge in [-0.25, -0.2) is 4.79 Å². The average Bonchev–Trinajstić information content (AvgIpc) is 2.33. The van der Waals surface area contributed by atoms with E-state index >= 15 is 0 Å². The quantitative estimate of drug-likeness (QED) is 0.370. The van der Waals surface area contributed by atoms with Crippen LogP contribution in [0.25, 0.3) is 0 Å². The van der Waals surface area contributed by atoms with Crippen molar-refractivity contribution in [2.45, 2.75) is 81.1 Å². The van der Waals surface area contributed by atoms with E-state index in [2.05, 4.69) is 62.0 Å². The predicted octanol–water partition coefficient (Wildman–Crippen LogP) is 6.26. The van der Waals surface area contributed by atoms with Crippen LogP contribution in [-0.4, -0.2) is 12.6 Å². The normalized spacial score (nSPS) is 16.5. The van der Waals surface area contributed by atoms with Crippen LogP contribution in [0, 0.1) is 28.6 Å². The highest BCUT2D eigenvalue weighted by molar-refractivity contribution is 5.81. The molecule has 0 amide bonds. The largest absolute Gasteiger partial charge is 0.462 e. The maximum Gasteiger partial charge on any atom is 0.330 e. The molecule has 3 unspecified atom stereocenters. The molecule has 0 fully saturated rings. The molecule has 0 bridgehead atoms. The van der Waals surface area contributed by atoms with E-state index in [9.17, 15) is 4.79 Å². The van der Waals surface area contributed by atoms with Crippen LogP contribution in [0.4, 0.5) is 0 Å². The van der Waals surface area contributed by atoms with Gasteiger partial charge in [0.2, 0.25) is 0 Å². The molecule has 0 radical (unpaired) electrons. The summed E-state index contributed by atoms with van der Waals surface area (Å²) in [5, 5.41) is 0. The van der Waals surface area contributed by atoms with E-state index in [0.717, 1.165) is 12.8 Å². The standard InChI is InChI=1S/C21H40O2/c1-10-19(22)23-15-18(17(3)14-21(7,8)9)12-11-16(2)13-20(4,5)6/h10,16-18H,1,11-15H2,2-9H3. The van der Waals surface area contributed by atoms with Crippen molar-refractivity contribution < 1.29 is 9.53 Å². The third-order valence-corrected chi connectivity index (χ3v) is 4.34. The van der Waals surface area contributed by atoms with Crippen LogP contribution in [0.15, 0.2) is 12.7 Å². The van der Waals surface area contributed by atoms with Gasteiger partial charge in [0.05, 0.1) is 6.61 Å². The van der Waals surface area contributed by atoms with Crippen LogP contribution in [0.3, 0.4) is 0 Å². The first-order valence-corrected chi connectivity index (χ1v) is 9.13. The predicted molar refractivity (Wildman–Crippen MR) is 100 cm³/mol. The smallest absolute Gasteiger partial charge is 0.330 e. The summed E-state index contributed by atoms with van der Waals surface area (Å²) >= 11 is 0. The van der Waals surface area contributed by atoms with Gasteiger partial charge in [-0.05, 0) is 47.8 Å². The molecule has 0 aromatic rings. The molecule has 0 aromatic carbocycles. The molecule has 2 heteroatoms. The number of hydrogen-bond acceptors (Lipinski definition) is 2. The highest BCUT2D eigenvalue weighted by atomic mass is 16.5. The fourth-order valence-electron chi connectivity index (χ4n) is 3.56. The van der Waals surface area contributed by atoms with Gasteiger partial charge in [-0.1, -0.05) is 68.4 Å². The van der Waals surface area contributed by atoms with Crippen LogP contribution >= 0.6 is 0 Å². The Morgan fingerprint density at radius 2 is 1.52 bits per heavy atom. The van der Waals surface area contributed by atoms with Crippen molar-refractivity contribution in [2.24, 2.45) is 28.6 Å². The van der Waals surface area contributed by atoms with Crippen LogP contribution in [-0.2, 0) is 9.53 Å². The molecule has 0 saturated heterocycles. The lowest BCUT2D eigenvalue weighted by atomic mass is 9.76. The molecule has 0 aromatic heterocycles. The van der Waals surface area contributed by atoms with Crippen LogP contribution in [0.1, 0.15) is 81.1 Å². The molecule has 0 aliphatic heterocycles. The molecule has 0 aliphatic rings. The van der Waals surface area contributed by atoms with Gasteiger partial charge in [-0.3, -0.25) is 0 Å². The Bertz CT molecular complexity index is 357. The zero-order chi connectivity index (χ0) is 18.3. The van der Waals surface area contributed by atoms with Gasteiger partial charge < -0.3 is 4.74 Å². The molecular formula is C21H40O2. The van der Waals surface area contributed by atoms with Crippen molar-refractivity contribution in [3.63, 3.8) is 0 Å². The maximum absolute atomic E-state index is 11.4. The summed E-state index contributed by atoms with van der Waals surface area (Å²) in [6.07, 6.45) is 5.96. The Kier molecular flexibility index (Phi) is 9.17. The van der Waals surface area contributed by atoms with E-state index in [1.165, 1.54) is 18.9 Å². The SMILES string of the molecule is C=CC(=O)OCC(CCC(C)CC(C)(C)C)C(C)CC(C)(C)C. The third-order valence-electron chi connectivity index (χ3n) is 4.34. The zero-order valence-electron chi connectivity index (χ0n) is 16.9. The molecule has 0 heterocycles. The average molecular weight is 325 g/mol. The number of hydrogen-bond donors (Lipinski definition) is 0. The minimum atomic E-state index is -0.305. The van der Waals surface area contributed by atoms with E-state index in [4.69, 9.17) is 4.74 Å². The number of esters is 1.